The average molecular weight is 432 g/mol. The molecule has 2 aliphatic rings. The van der Waals surface area contributed by atoms with Crippen molar-refractivity contribution in [2.45, 2.75) is 26.7 Å². The van der Waals surface area contributed by atoms with Crippen molar-refractivity contribution in [2.24, 2.45) is 5.92 Å². The molecule has 2 aromatic carbocycles. The van der Waals surface area contributed by atoms with Crippen molar-refractivity contribution in [3.63, 3.8) is 0 Å². The zero-order valence-corrected chi connectivity index (χ0v) is 19.1. The van der Waals surface area contributed by atoms with E-state index >= 15 is 0 Å². The minimum atomic E-state index is 0.371. The highest BCUT2D eigenvalue weighted by Crippen LogP contribution is 2.30. The molecule has 1 atom stereocenters. The van der Waals surface area contributed by atoms with Gasteiger partial charge in [0.05, 0.1) is 17.2 Å². The van der Waals surface area contributed by atoms with E-state index in [0.29, 0.717) is 5.75 Å². The van der Waals surface area contributed by atoms with Crippen LogP contribution in [-0.4, -0.2) is 65.8 Å². The van der Waals surface area contributed by atoms with Gasteiger partial charge in [-0.1, -0.05) is 6.07 Å². The smallest absolute Gasteiger partial charge is 0.147 e. The van der Waals surface area contributed by atoms with Gasteiger partial charge in [-0.2, -0.15) is 0 Å². The fraction of sp³-hybridized carbons (Fsp3) is 0.462. The van der Waals surface area contributed by atoms with Gasteiger partial charge in [-0.3, -0.25) is 9.88 Å². The van der Waals surface area contributed by atoms with Crippen LogP contribution in [0.2, 0.25) is 0 Å². The molecule has 168 valence electrons. The number of aryl methyl sites for hydroxylation is 2. The van der Waals surface area contributed by atoms with Crippen molar-refractivity contribution in [3.8, 4) is 16.9 Å². The maximum Gasteiger partial charge on any atom is 0.147 e. The van der Waals surface area contributed by atoms with Crippen LogP contribution in [0.25, 0.3) is 22.2 Å². The first-order valence-corrected chi connectivity index (χ1v) is 11.8. The van der Waals surface area contributed by atoms with Crippen LogP contribution in [-0.2, 0) is 0 Å². The lowest BCUT2D eigenvalue weighted by Gasteiger charge is -2.37. The number of piperidine rings is 1. The second kappa shape index (κ2) is 9.04. The number of anilines is 1. The van der Waals surface area contributed by atoms with Gasteiger partial charge in [0.2, 0.25) is 0 Å². The Bertz CT molecular complexity index is 1080. The molecule has 2 saturated heterocycles. The topological polar surface area (TPSA) is 64.5 Å². The number of nitrogens with one attached hydrogen (secondary N) is 1. The standard InChI is InChI=1S/C26H33N5O/c1-18-12-22(13-19(2)26(18)32)21-5-6-23-24(14-21)29-25(16-28-23)31-10-8-30(9-11-31)17-20-4-3-7-27-15-20/h5-6,12-14,16,20,27,32H,3-4,7-11,15,17H2,1-2H3. The average Bonchev–Trinajstić information content (AvgIpc) is 2.82. The highest BCUT2D eigenvalue weighted by Gasteiger charge is 2.22. The van der Waals surface area contributed by atoms with Crippen molar-refractivity contribution in [2.75, 3.05) is 50.7 Å². The summed E-state index contributed by atoms with van der Waals surface area (Å²) in [4.78, 5) is 14.6. The summed E-state index contributed by atoms with van der Waals surface area (Å²) in [7, 11) is 0. The van der Waals surface area contributed by atoms with E-state index < -0.39 is 0 Å². The van der Waals surface area contributed by atoms with Crippen LogP contribution in [0.4, 0.5) is 5.82 Å². The van der Waals surface area contributed by atoms with Crippen molar-refractivity contribution in [3.05, 3.63) is 47.7 Å². The van der Waals surface area contributed by atoms with Gasteiger partial charge in [0.1, 0.15) is 11.6 Å². The predicted molar refractivity (Wildman–Crippen MR) is 130 cm³/mol. The molecule has 0 spiro atoms. The third kappa shape index (κ3) is 4.43. The largest absolute Gasteiger partial charge is 0.507 e. The molecule has 2 fully saturated rings. The number of piperazine rings is 1. The van der Waals surface area contributed by atoms with Crippen molar-refractivity contribution < 1.29 is 5.11 Å². The van der Waals surface area contributed by atoms with Gasteiger partial charge >= 0.3 is 0 Å². The van der Waals surface area contributed by atoms with Gasteiger partial charge in [-0.05, 0) is 92.2 Å². The Morgan fingerprint density at radius 2 is 1.78 bits per heavy atom. The second-order valence-corrected chi connectivity index (χ2v) is 9.39. The highest BCUT2D eigenvalue weighted by atomic mass is 16.3. The molecule has 6 heteroatoms. The third-order valence-electron chi connectivity index (χ3n) is 6.97. The number of hydrogen-bond donors (Lipinski definition) is 2. The molecule has 1 aromatic heterocycles. The molecule has 6 nitrogen and oxygen atoms in total. The quantitative estimate of drug-likeness (QED) is 0.656. The summed E-state index contributed by atoms with van der Waals surface area (Å²) in [6, 6.07) is 10.3. The summed E-state index contributed by atoms with van der Waals surface area (Å²) < 4.78 is 0. The lowest BCUT2D eigenvalue weighted by atomic mass is 9.99. The summed E-state index contributed by atoms with van der Waals surface area (Å²) in [5.74, 6) is 2.13. The number of hydrogen-bond acceptors (Lipinski definition) is 6. The molecule has 32 heavy (non-hydrogen) atoms. The maximum atomic E-state index is 10.1. The molecular formula is C26H33N5O. The Labute approximate surface area is 190 Å². The monoisotopic (exact) mass is 431 g/mol. The van der Waals surface area contributed by atoms with Gasteiger partial charge in [0.15, 0.2) is 0 Å². The van der Waals surface area contributed by atoms with Crippen LogP contribution in [0.1, 0.15) is 24.0 Å². The first-order valence-electron chi connectivity index (χ1n) is 11.8. The SMILES string of the molecule is Cc1cc(-c2ccc3ncc(N4CCN(CC5CCCNC5)CC4)nc3c2)cc(C)c1O. The lowest BCUT2D eigenvalue weighted by Crippen LogP contribution is -2.49. The fourth-order valence-corrected chi connectivity index (χ4v) is 5.06. The van der Waals surface area contributed by atoms with Gasteiger partial charge < -0.3 is 15.3 Å². The first kappa shape index (κ1) is 21.2. The number of phenolic OH excluding ortho intramolecular Hbond substituents is 1. The number of benzene rings is 2. The van der Waals surface area contributed by atoms with Crippen molar-refractivity contribution in [1.82, 2.24) is 20.2 Å². The Kier molecular flexibility index (Phi) is 5.98. The molecular weight excluding hydrogens is 398 g/mol. The number of phenols is 1. The number of aromatic hydroxyl groups is 1. The fourth-order valence-electron chi connectivity index (χ4n) is 5.06. The number of fused-ring (bicyclic) bond motifs is 1. The number of nitrogens with zero attached hydrogens (tertiary/aromatic N) is 4. The summed E-state index contributed by atoms with van der Waals surface area (Å²) in [5.41, 5.74) is 5.80. The Morgan fingerprint density at radius 1 is 1.00 bits per heavy atom. The summed E-state index contributed by atoms with van der Waals surface area (Å²) in [6.45, 7) is 11.6. The molecule has 2 N–H and O–H groups in total. The van der Waals surface area contributed by atoms with Crippen LogP contribution in [0.3, 0.4) is 0 Å². The van der Waals surface area contributed by atoms with Crippen LogP contribution in [0.15, 0.2) is 36.5 Å². The minimum absolute atomic E-state index is 0.371. The molecule has 3 heterocycles. The summed E-state index contributed by atoms with van der Waals surface area (Å²) in [5, 5.41) is 13.6. The van der Waals surface area contributed by atoms with Crippen LogP contribution < -0.4 is 10.2 Å². The highest BCUT2D eigenvalue weighted by molar-refractivity contribution is 5.82. The van der Waals surface area contributed by atoms with E-state index in [2.05, 4.69) is 32.2 Å². The molecule has 3 aromatic rings. The van der Waals surface area contributed by atoms with E-state index in [9.17, 15) is 5.11 Å². The number of rotatable bonds is 4. The molecule has 5 rings (SSSR count). The van der Waals surface area contributed by atoms with E-state index in [0.717, 1.165) is 71.2 Å². The zero-order valence-electron chi connectivity index (χ0n) is 19.1. The van der Waals surface area contributed by atoms with E-state index in [-0.39, 0.29) is 0 Å². The van der Waals surface area contributed by atoms with Crippen molar-refractivity contribution in [1.29, 1.82) is 0 Å². The Morgan fingerprint density at radius 3 is 2.50 bits per heavy atom. The molecule has 1 unspecified atom stereocenters. The molecule has 0 aliphatic carbocycles. The summed E-state index contributed by atoms with van der Waals surface area (Å²) >= 11 is 0. The zero-order chi connectivity index (χ0) is 22.1. The van der Waals surface area contributed by atoms with Gasteiger partial charge in [0.25, 0.3) is 0 Å². The predicted octanol–water partition coefficient (Wildman–Crippen LogP) is 3.74. The number of aromatic nitrogens is 2. The van der Waals surface area contributed by atoms with Gasteiger partial charge in [-0.15, -0.1) is 0 Å². The lowest BCUT2D eigenvalue weighted by molar-refractivity contribution is 0.198. The third-order valence-corrected chi connectivity index (χ3v) is 6.97. The van der Waals surface area contributed by atoms with E-state index in [4.69, 9.17) is 4.98 Å². The van der Waals surface area contributed by atoms with E-state index in [1.807, 2.05) is 38.2 Å². The normalized spacial score (nSPS) is 20.1. The van der Waals surface area contributed by atoms with Gasteiger partial charge in [-0.25, -0.2) is 4.98 Å². The molecule has 0 radical (unpaired) electrons. The second-order valence-electron chi connectivity index (χ2n) is 9.39. The first-order chi connectivity index (χ1) is 15.6. The van der Waals surface area contributed by atoms with Crippen LogP contribution in [0, 0.1) is 19.8 Å². The van der Waals surface area contributed by atoms with Crippen LogP contribution >= 0.6 is 0 Å². The Hall–Kier alpha value is -2.70. The molecule has 0 amide bonds. The molecule has 0 bridgehead atoms. The Balaban J connectivity index is 1.31. The molecule has 0 saturated carbocycles. The molecule has 2 aliphatic heterocycles. The van der Waals surface area contributed by atoms with E-state index in [1.54, 1.807) is 0 Å². The van der Waals surface area contributed by atoms with Gasteiger partial charge in [0, 0.05) is 32.7 Å². The van der Waals surface area contributed by atoms with Crippen molar-refractivity contribution >= 4 is 16.9 Å². The van der Waals surface area contributed by atoms with E-state index in [1.165, 1.54) is 32.5 Å². The summed E-state index contributed by atoms with van der Waals surface area (Å²) in [6.07, 6.45) is 4.58. The maximum absolute atomic E-state index is 10.1. The van der Waals surface area contributed by atoms with Crippen LogP contribution in [0.5, 0.6) is 5.75 Å². The minimum Gasteiger partial charge on any atom is -0.507 e.